The summed E-state index contributed by atoms with van der Waals surface area (Å²) in [4.78, 5) is 23.7. The third-order valence-corrected chi connectivity index (χ3v) is 6.31. The number of methoxy groups -OCH3 is 1. The quantitative estimate of drug-likeness (QED) is 0.560. The highest BCUT2D eigenvalue weighted by molar-refractivity contribution is 5.80. The zero-order valence-electron chi connectivity index (χ0n) is 19.7. The number of nitriles is 1. The fraction of sp³-hybridized carbons (Fsp3) is 0.308. The topological polar surface area (TPSA) is 117 Å². The second kappa shape index (κ2) is 10.4. The Morgan fingerprint density at radius 1 is 1.26 bits per heavy atom. The summed E-state index contributed by atoms with van der Waals surface area (Å²) in [5.41, 5.74) is 7.80. The van der Waals surface area contributed by atoms with Gasteiger partial charge >= 0.3 is 0 Å². The maximum atomic E-state index is 14.2. The second-order valence-corrected chi connectivity index (χ2v) is 8.58. The first-order valence-electron chi connectivity index (χ1n) is 11.4. The molecular weight excluding hydrogens is 447 g/mol. The number of nitrogens with one attached hydrogen (secondary N) is 1. The standard InChI is InChI=1S/C26H27FN6O2/c1-16-7-8-20(25(34)30-14-19-5-3-4-6-23(19)35-2)15-33(16)24-12-22(31-26(29)32-24)17-9-10-18(13-28)21(27)11-17/h3-6,9-12,16,20H,7-8,14-15H2,1-2H3,(H,30,34)(H2,29,31,32)/t16-,20+/m1/s1. The normalized spacial score (nSPS) is 17.5. The van der Waals surface area contributed by atoms with Gasteiger partial charge in [-0.05, 0) is 38.0 Å². The van der Waals surface area contributed by atoms with E-state index in [0.29, 0.717) is 30.2 Å². The lowest BCUT2D eigenvalue weighted by Crippen LogP contribution is -2.47. The van der Waals surface area contributed by atoms with E-state index in [1.807, 2.05) is 35.2 Å². The zero-order valence-corrected chi connectivity index (χ0v) is 19.7. The largest absolute Gasteiger partial charge is 0.496 e. The van der Waals surface area contributed by atoms with Gasteiger partial charge in [-0.3, -0.25) is 4.79 Å². The number of anilines is 2. The third-order valence-electron chi connectivity index (χ3n) is 6.31. The maximum absolute atomic E-state index is 14.2. The number of para-hydroxylation sites is 1. The van der Waals surface area contributed by atoms with Crippen molar-refractivity contribution in [2.24, 2.45) is 5.92 Å². The van der Waals surface area contributed by atoms with E-state index < -0.39 is 5.82 Å². The molecule has 3 aromatic rings. The van der Waals surface area contributed by atoms with Gasteiger partial charge < -0.3 is 20.7 Å². The molecule has 9 heteroatoms. The van der Waals surface area contributed by atoms with E-state index >= 15 is 0 Å². The SMILES string of the molecule is COc1ccccc1CNC(=O)[C@H]1CC[C@@H](C)N(c2cc(-c3ccc(C#N)c(F)c3)nc(N)n2)C1. The van der Waals surface area contributed by atoms with Crippen LogP contribution in [0, 0.1) is 23.1 Å². The van der Waals surface area contributed by atoms with Crippen LogP contribution in [0.25, 0.3) is 11.3 Å². The summed E-state index contributed by atoms with van der Waals surface area (Å²) in [6, 6.07) is 15.6. The number of carbonyl (C=O) groups excluding carboxylic acids is 1. The van der Waals surface area contributed by atoms with Gasteiger partial charge in [-0.25, -0.2) is 9.37 Å². The number of hydrogen-bond acceptors (Lipinski definition) is 7. The summed E-state index contributed by atoms with van der Waals surface area (Å²) in [5, 5.41) is 12.0. The van der Waals surface area contributed by atoms with Crippen molar-refractivity contribution in [3.8, 4) is 23.1 Å². The van der Waals surface area contributed by atoms with Gasteiger partial charge in [-0.15, -0.1) is 0 Å². The lowest BCUT2D eigenvalue weighted by atomic mass is 9.92. The minimum Gasteiger partial charge on any atom is -0.496 e. The molecule has 1 amide bonds. The number of nitrogens with zero attached hydrogens (tertiary/aromatic N) is 4. The van der Waals surface area contributed by atoms with Crippen LogP contribution in [0.4, 0.5) is 16.2 Å². The molecule has 180 valence electrons. The Balaban J connectivity index is 1.52. The van der Waals surface area contributed by atoms with E-state index in [4.69, 9.17) is 15.7 Å². The average molecular weight is 475 g/mol. The highest BCUT2D eigenvalue weighted by Crippen LogP contribution is 2.30. The number of nitrogens with two attached hydrogens (primary N) is 1. The average Bonchev–Trinajstić information content (AvgIpc) is 2.87. The first kappa shape index (κ1) is 24.0. The van der Waals surface area contributed by atoms with Crippen molar-refractivity contribution in [1.29, 1.82) is 5.26 Å². The summed E-state index contributed by atoms with van der Waals surface area (Å²) in [5.74, 6) is 0.470. The Morgan fingerprint density at radius 2 is 2.06 bits per heavy atom. The van der Waals surface area contributed by atoms with Crippen molar-refractivity contribution in [2.45, 2.75) is 32.4 Å². The Kier molecular flexibility index (Phi) is 7.11. The van der Waals surface area contributed by atoms with Crippen molar-refractivity contribution >= 4 is 17.7 Å². The number of amides is 1. The molecule has 2 atom stereocenters. The number of halogens is 1. The fourth-order valence-corrected chi connectivity index (χ4v) is 4.33. The highest BCUT2D eigenvalue weighted by Gasteiger charge is 2.31. The van der Waals surface area contributed by atoms with Crippen LogP contribution in [-0.4, -0.2) is 35.6 Å². The molecule has 1 aliphatic rings. The Labute approximate surface area is 203 Å². The first-order valence-corrected chi connectivity index (χ1v) is 11.4. The number of carbonyl (C=O) groups is 1. The van der Waals surface area contributed by atoms with Crippen LogP contribution in [0.2, 0.25) is 0 Å². The molecule has 0 bridgehead atoms. The Bertz CT molecular complexity index is 1270. The predicted octanol–water partition coefficient (Wildman–Crippen LogP) is 3.67. The number of ether oxygens (including phenoxy) is 1. The molecule has 35 heavy (non-hydrogen) atoms. The van der Waals surface area contributed by atoms with Crippen molar-refractivity contribution in [2.75, 3.05) is 24.3 Å². The van der Waals surface area contributed by atoms with Gasteiger partial charge in [0, 0.05) is 36.3 Å². The first-order chi connectivity index (χ1) is 16.9. The molecule has 0 unspecified atom stereocenters. The summed E-state index contributed by atoms with van der Waals surface area (Å²) in [6.45, 7) is 2.92. The monoisotopic (exact) mass is 474 g/mol. The summed E-state index contributed by atoms with van der Waals surface area (Å²) in [6.07, 6.45) is 1.56. The van der Waals surface area contributed by atoms with Crippen molar-refractivity contribution in [1.82, 2.24) is 15.3 Å². The molecule has 2 aromatic carbocycles. The predicted molar refractivity (Wildman–Crippen MR) is 131 cm³/mol. The molecule has 1 aliphatic heterocycles. The molecule has 3 N–H and O–H groups in total. The van der Waals surface area contributed by atoms with Crippen molar-refractivity contribution < 1.29 is 13.9 Å². The van der Waals surface area contributed by atoms with E-state index in [1.54, 1.807) is 19.2 Å². The van der Waals surface area contributed by atoms with Crippen LogP contribution in [0.15, 0.2) is 48.5 Å². The number of nitrogen functional groups attached to an aromatic ring is 1. The van der Waals surface area contributed by atoms with Gasteiger partial charge in [0.15, 0.2) is 0 Å². The van der Waals surface area contributed by atoms with Crippen LogP contribution in [0.3, 0.4) is 0 Å². The van der Waals surface area contributed by atoms with Crippen LogP contribution in [0.5, 0.6) is 5.75 Å². The Morgan fingerprint density at radius 3 is 2.80 bits per heavy atom. The van der Waals surface area contributed by atoms with Gasteiger partial charge in [0.1, 0.15) is 23.5 Å². The van der Waals surface area contributed by atoms with Gasteiger partial charge in [0.05, 0.1) is 24.3 Å². The van der Waals surface area contributed by atoms with Gasteiger partial charge in [-0.1, -0.05) is 24.3 Å². The lowest BCUT2D eigenvalue weighted by molar-refractivity contribution is -0.125. The van der Waals surface area contributed by atoms with Crippen LogP contribution < -0.4 is 20.7 Å². The molecule has 1 saturated heterocycles. The molecule has 0 saturated carbocycles. The summed E-state index contributed by atoms with van der Waals surface area (Å²) in [7, 11) is 1.61. The molecule has 0 aliphatic carbocycles. The van der Waals surface area contributed by atoms with E-state index in [9.17, 15) is 9.18 Å². The number of rotatable bonds is 6. The maximum Gasteiger partial charge on any atom is 0.225 e. The molecule has 8 nitrogen and oxygen atoms in total. The minimum atomic E-state index is -0.623. The third kappa shape index (κ3) is 5.32. The van der Waals surface area contributed by atoms with E-state index in [2.05, 4.69) is 22.2 Å². The molecule has 2 heterocycles. The summed E-state index contributed by atoms with van der Waals surface area (Å²) < 4.78 is 19.5. The van der Waals surface area contributed by atoms with Gasteiger partial charge in [0.25, 0.3) is 0 Å². The summed E-state index contributed by atoms with van der Waals surface area (Å²) >= 11 is 0. The van der Waals surface area contributed by atoms with Crippen molar-refractivity contribution in [3.05, 3.63) is 65.5 Å². The zero-order chi connectivity index (χ0) is 24.9. The van der Waals surface area contributed by atoms with Gasteiger partial charge in [-0.2, -0.15) is 10.2 Å². The molecule has 1 aromatic heterocycles. The number of piperidine rings is 1. The number of benzene rings is 2. The smallest absolute Gasteiger partial charge is 0.225 e. The fourth-order valence-electron chi connectivity index (χ4n) is 4.33. The van der Waals surface area contributed by atoms with E-state index in [0.717, 1.165) is 24.2 Å². The second-order valence-electron chi connectivity index (χ2n) is 8.58. The Hall–Kier alpha value is -4.19. The molecule has 0 radical (unpaired) electrons. The van der Waals surface area contributed by atoms with Gasteiger partial charge in [0.2, 0.25) is 11.9 Å². The van der Waals surface area contributed by atoms with Crippen molar-refractivity contribution in [3.63, 3.8) is 0 Å². The molecule has 4 rings (SSSR count). The highest BCUT2D eigenvalue weighted by atomic mass is 19.1. The molecular formula is C26H27FN6O2. The minimum absolute atomic E-state index is 0.0378. The van der Waals surface area contributed by atoms with Crippen LogP contribution >= 0.6 is 0 Å². The number of hydrogen-bond donors (Lipinski definition) is 2. The van der Waals surface area contributed by atoms with Crippen LogP contribution in [-0.2, 0) is 11.3 Å². The molecule has 1 fully saturated rings. The van der Waals surface area contributed by atoms with E-state index in [1.165, 1.54) is 12.1 Å². The number of aromatic nitrogens is 2. The lowest BCUT2D eigenvalue weighted by Gasteiger charge is -2.38. The molecule has 0 spiro atoms. The van der Waals surface area contributed by atoms with E-state index in [-0.39, 0.29) is 29.4 Å². The van der Waals surface area contributed by atoms with Crippen LogP contribution in [0.1, 0.15) is 30.9 Å².